The van der Waals surface area contributed by atoms with Crippen molar-refractivity contribution >= 4 is 31.4 Å². The van der Waals surface area contributed by atoms with E-state index in [1.54, 1.807) is 18.2 Å². The van der Waals surface area contributed by atoms with Gasteiger partial charge < -0.3 is 0 Å². The van der Waals surface area contributed by atoms with Crippen molar-refractivity contribution in [3.63, 3.8) is 0 Å². The number of carbonyl (C=O) groups is 2. The van der Waals surface area contributed by atoms with E-state index in [1.807, 2.05) is 18.2 Å². The Balaban J connectivity index is 1.59. The van der Waals surface area contributed by atoms with E-state index in [0.717, 1.165) is 30.1 Å². The molecule has 0 saturated heterocycles. The molecule has 2 aromatic carbocycles. The summed E-state index contributed by atoms with van der Waals surface area (Å²) < 4.78 is 12.5. The van der Waals surface area contributed by atoms with Gasteiger partial charge in [0.05, 0.1) is 0 Å². The van der Waals surface area contributed by atoms with Crippen molar-refractivity contribution in [2.45, 2.75) is 57.2 Å². The molecule has 154 valence electrons. The molecular formula is C24H28O4Se. The van der Waals surface area contributed by atoms with Gasteiger partial charge in [0.25, 0.3) is 0 Å². The average molecular weight is 459 g/mol. The fourth-order valence-corrected chi connectivity index (χ4v) is 5.44. The monoisotopic (exact) mass is 460 g/mol. The Hall–Kier alpha value is -2.10. The Morgan fingerprint density at radius 1 is 1.07 bits per heavy atom. The summed E-state index contributed by atoms with van der Waals surface area (Å²) in [6.45, 7) is 2.17. The fourth-order valence-electron chi connectivity index (χ4n) is 3.35. The molecule has 1 aliphatic rings. The molecule has 0 radical (unpaired) electrons. The number of carbonyl (C=O) groups excluding carboxylic acids is 2. The first-order valence-electron chi connectivity index (χ1n) is 10.4. The number of ether oxygens (including phenoxy) is 2. The third-order valence-corrected chi connectivity index (χ3v) is 7.45. The van der Waals surface area contributed by atoms with Crippen LogP contribution in [0.4, 0.5) is 0 Å². The van der Waals surface area contributed by atoms with Gasteiger partial charge in [0.2, 0.25) is 0 Å². The second-order valence-corrected chi connectivity index (χ2v) is 9.61. The van der Waals surface area contributed by atoms with Crippen molar-refractivity contribution in [3.05, 3.63) is 54.1 Å². The zero-order chi connectivity index (χ0) is 20.5. The Labute approximate surface area is 179 Å². The van der Waals surface area contributed by atoms with Gasteiger partial charge in [-0.3, -0.25) is 0 Å². The second-order valence-electron chi connectivity index (χ2n) is 7.32. The van der Waals surface area contributed by atoms with Gasteiger partial charge in [-0.15, -0.1) is 0 Å². The van der Waals surface area contributed by atoms with Crippen molar-refractivity contribution in [3.8, 4) is 11.5 Å². The first kappa shape index (κ1) is 21.6. The van der Waals surface area contributed by atoms with Crippen LogP contribution in [0.2, 0.25) is 5.32 Å². The van der Waals surface area contributed by atoms with E-state index in [-0.39, 0.29) is 32.8 Å². The van der Waals surface area contributed by atoms with E-state index in [9.17, 15) is 9.59 Å². The Morgan fingerprint density at radius 2 is 1.86 bits per heavy atom. The molecule has 0 amide bonds. The number of fused-ring (bicyclic) bond motifs is 1. The van der Waals surface area contributed by atoms with Crippen molar-refractivity contribution in [2.24, 2.45) is 5.92 Å². The van der Waals surface area contributed by atoms with Crippen molar-refractivity contribution in [1.29, 1.82) is 0 Å². The molecule has 0 bridgehead atoms. The molecule has 1 atom stereocenters. The number of rotatable bonds is 10. The van der Waals surface area contributed by atoms with Crippen LogP contribution < -0.4 is 13.9 Å². The summed E-state index contributed by atoms with van der Waals surface area (Å²) in [7, 11) is 0. The normalized spacial score (nSPS) is 15.5. The maximum atomic E-state index is 12.4. The van der Waals surface area contributed by atoms with Gasteiger partial charge in [-0.1, -0.05) is 13.3 Å². The third-order valence-electron chi connectivity index (χ3n) is 4.99. The molecule has 0 fully saturated rings. The molecule has 2 aromatic rings. The fraction of sp³-hybridized carbons (Fsp3) is 0.417. The Bertz CT molecular complexity index is 819. The van der Waals surface area contributed by atoms with E-state index in [1.165, 1.54) is 17.3 Å². The van der Waals surface area contributed by atoms with Crippen LogP contribution >= 0.6 is 0 Å². The molecule has 3 rings (SSSR count). The second kappa shape index (κ2) is 11.2. The Kier molecular flexibility index (Phi) is 8.33. The minimum atomic E-state index is -0.211. The van der Waals surface area contributed by atoms with Gasteiger partial charge in [-0.25, -0.2) is 0 Å². The van der Waals surface area contributed by atoms with E-state index < -0.39 is 0 Å². The molecule has 29 heavy (non-hydrogen) atoms. The van der Waals surface area contributed by atoms with Gasteiger partial charge in [0.15, 0.2) is 0 Å². The summed E-state index contributed by atoms with van der Waals surface area (Å²) in [5.41, 5.74) is 0.834. The van der Waals surface area contributed by atoms with Gasteiger partial charge >= 0.3 is 166 Å². The van der Waals surface area contributed by atoms with Crippen LogP contribution in [0.25, 0.3) is 0 Å². The van der Waals surface area contributed by atoms with Gasteiger partial charge in [-0.2, -0.15) is 0 Å². The van der Waals surface area contributed by atoms with Crippen LogP contribution in [0.3, 0.4) is 0 Å². The number of hydrogen-bond acceptors (Lipinski definition) is 4. The minimum absolute atomic E-state index is 0.185. The van der Waals surface area contributed by atoms with Crippen molar-refractivity contribution in [1.82, 2.24) is 0 Å². The molecule has 5 heteroatoms. The summed E-state index contributed by atoms with van der Waals surface area (Å²) in [6.07, 6.45) is 6.44. The molecule has 4 nitrogen and oxygen atoms in total. The predicted molar refractivity (Wildman–Crippen MR) is 115 cm³/mol. The van der Waals surface area contributed by atoms with Crippen LogP contribution in [0.15, 0.2) is 48.5 Å². The van der Waals surface area contributed by atoms with Crippen LogP contribution in [0.5, 0.6) is 11.5 Å². The van der Waals surface area contributed by atoms with Crippen LogP contribution in [-0.4, -0.2) is 26.9 Å². The predicted octanol–water partition coefficient (Wildman–Crippen LogP) is 4.48. The first-order chi connectivity index (χ1) is 14.2. The number of benzene rings is 2. The summed E-state index contributed by atoms with van der Waals surface area (Å²) in [5.74, 6) is 0.459. The van der Waals surface area contributed by atoms with Crippen molar-refractivity contribution in [2.75, 3.05) is 0 Å². The Morgan fingerprint density at radius 3 is 2.66 bits per heavy atom. The maximum absolute atomic E-state index is 12.4. The summed E-state index contributed by atoms with van der Waals surface area (Å²) in [6, 6.07) is 15.6. The topological polar surface area (TPSA) is 52.6 Å². The first-order valence-corrected chi connectivity index (χ1v) is 12.5. The molecule has 1 aliphatic heterocycles. The van der Waals surface area contributed by atoms with Crippen LogP contribution in [0.1, 0.15) is 51.0 Å². The molecule has 0 aliphatic carbocycles. The summed E-state index contributed by atoms with van der Waals surface area (Å²) in [4.78, 5) is 24.7. The average Bonchev–Trinajstić information content (AvgIpc) is 2.73. The molecular weight excluding hydrogens is 431 g/mol. The van der Waals surface area contributed by atoms with Crippen LogP contribution in [0, 0.1) is 5.92 Å². The third kappa shape index (κ3) is 6.45. The zero-order valence-corrected chi connectivity index (χ0v) is 18.6. The molecule has 0 aromatic heterocycles. The van der Waals surface area contributed by atoms with Gasteiger partial charge in [0.1, 0.15) is 0 Å². The van der Waals surface area contributed by atoms with Gasteiger partial charge in [0, 0.05) is 0 Å². The van der Waals surface area contributed by atoms with E-state index in [4.69, 9.17) is 9.47 Å². The summed E-state index contributed by atoms with van der Waals surface area (Å²) in [5, 5.41) is 0.773. The molecule has 1 unspecified atom stereocenters. The molecule has 1 heterocycles. The van der Waals surface area contributed by atoms with Gasteiger partial charge in [-0.05, 0) is 0 Å². The number of hydrogen-bond donors (Lipinski definition) is 0. The standard InChI is InChI=1S/C24H28O4Se/c1-2-3-4-5-9-15-23(25)27-21-13-10-14-22-20(21)16-18(24(26)28-22)17-29-19-11-7-6-8-12-19/h6-8,10-14,18H,2-5,9,15-17H2,1H3. The van der Waals surface area contributed by atoms with E-state index >= 15 is 0 Å². The summed E-state index contributed by atoms with van der Waals surface area (Å²) >= 11 is 0.201. The molecule has 0 saturated carbocycles. The van der Waals surface area contributed by atoms with E-state index in [0.29, 0.717) is 24.3 Å². The number of esters is 2. The van der Waals surface area contributed by atoms with Crippen LogP contribution in [-0.2, 0) is 16.0 Å². The molecule has 0 N–H and O–H groups in total. The number of unbranched alkanes of at least 4 members (excludes halogenated alkanes) is 4. The quantitative estimate of drug-likeness (QED) is 0.228. The van der Waals surface area contributed by atoms with Crippen molar-refractivity contribution < 1.29 is 19.1 Å². The SMILES string of the molecule is CCCCCCCC(=O)Oc1cccc2c1CC(C[Se]c1ccccc1)C(=O)O2. The molecule has 0 spiro atoms. The zero-order valence-electron chi connectivity index (χ0n) is 16.9. The van der Waals surface area contributed by atoms with E-state index in [2.05, 4.69) is 19.1 Å².